The van der Waals surface area contributed by atoms with Crippen LogP contribution in [0.5, 0.6) is 0 Å². The van der Waals surface area contributed by atoms with Crippen LogP contribution in [0.15, 0.2) is 23.3 Å². The summed E-state index contributed by atoms with van der Waals surface area (Å²) in [5.74, 6) is 1.97. The Bertz CT molecular complexity index is 670. The van der Waals surface area contributed by atoms with Crippen molar-refractivity contribution in [3.63, 3.8) is 0 Å². The third-order valence-corrected chi connectivity index (χ3v) is 6.85. The number of halogens is 1. The average Bonchev–Trinajstić information content (AvgIpc) is 3.29. The van der Waals surface area contributed by atoms with Gasteiger partial charge in [0.2, 0.25) is 0 Å². The second kappa shape index (κ2) is 14.2. The van der Waals surface area contributed by atoms with Gasteiger partial charge in [0.05, 0.1) is 6.54 Å². The molecule has 2 heterocycles. The van der Waals surface area contributed by atoms with E-state index in [-0.39, 0.29) is 24.0 Å². The highest BCUT2D eigenvalue weighted by atomic mass is 127. The van der Waals surface area contributed by atoms with Crippen LogP contribution in [0, 0.1) is 5.41 Å². The van der Waals surface area contributed by atoms with Crippen molar-refractivity contribution in [3.8, 4) is 0 Å². The molecule has 1 aliphatic carbocycles. The minimum Gasteiger partial charge on any atom is -0.385 e. The highest BCUT2D eigenvalue weighted by Gasteiger charge is 2.33. The van der Waals surface area contributed by atoms with Crippen molar-refractivity contribution in [2.24, 2.45) is 10.4 Å². The SMILES string of the molecule is CCNC(=NCc1ccc(N2CCN(CC)CC2)nc1)NCC1(CCOC)CCCC1.I. The minimum atomic E-state index is 0. The van der Waals surface area contributed by atoms with E-state index in [4.69, 9.17) is 14.7 Å². The third-order valence-electron chi connectivity index (χ3n) is 6.85. The van der Waals surface area contributed by atoms with Gasteiger partial charge in [0.15, 0.2) is 5.96 Å². The van der Waals surface area contributed by atoms with Gasteiger partial charge in [-0.25, -0.2) is 9.98 Å². The first kappa shape index (κ1) is 27.1. The Morgan fingerprint density at radius 3 is 2.47 bits per heavy atom. The molecule has 32 heavy (non-hydrogen) atoms. The molecule has 182 valence electrons. The molecule has 0 amide bonds. The molecule has 2 fully saturated rings. The summed E-state index contributed by atoms with van der Waals surface area (Å²) in [5, 5.41) is 7.00. The van der Waals surface area contributed by atoms with Crippen LogP contribution in [0.25, 0.3) is 0 Å². The van der Waals surface area contributed by atoms with E-state index < -0.39 is 0 Å². The third kappa shape index (κ3) is 8.02. The topological polar surface area (TPSA) is 65.0 Å². The molecule has 1 saturated heterocycles. The van der Waals surface area contributed by atoms with E-state index >= 15 is 0 Å². The van der Waals surface area contributed by atoms with Gasteiger partial charge in [-0.2, -0.15) is 0 Å². The molecule has 0 atom stereocenters. The summed E-state index contributed by atoms with van der Waals surface area (Å²) in [6.45, 7) is 13.1. The number of nitrogens with one attached hydrogen (secondary N) is 2. The maximum absolute atomic E-state index is 5.37. The molecule has 0 spiro atoms. The number of anilines is 1. The summed E-state index contributed by atoms with van der Waals surface area (Å²) < 4.78 is 5.37. The van der Waals surface area contributed by atoms with Gasteiger partial charge in [-0.1, -0.05) is 25.8 Å². The van der Waals surface area contributed by atoms with Crippen molar-refractivity contribution in [2.45, 2.75) is 52.5 Å². The molecule has 1 aromatic heterocycles. The average molecular weight is 559 g/mol. The Morgan fingerprint density at radius 1 is 1.12 bits per heavy atom. The molecule has 1 aromatic rings. The molecule has 8 heteroatoms. The number of hydrogen-bond donors (Lipinski definition) is 2. The number of guanidine groups is 1. The van der Waals surface area contributed by atoms with E-state index in [9.17, 15) is 0 Å². The number of nitrogens with zero attached hydrogens (tertiary/aromatic N) is 4. The summed E-state index contributed by atoms with van der Waals surface area (Å²) in [6.07, 6.45) is 8.30. The molecule has 0 unspecified atom stereocenters. The van der Waals surface area contributed by atoms with Crippen molar-refractivity contribution in [3.05, 3.63) is 23.9 Å². The van der Waals surface area contributed by atoms with Gasteiger partial charge in [-0.15, -0.1) is 24.0 Å². The standard InChI is InChI=1S/C24H42N6O.HI/c1-4-25-23(28-20-24(12-17-31-3)10-6-7-11-24)27-19-21-8-9-22(26-18-21)30-15-13-29(5-2)14-16-30;/h8-9,18H,4-7,10-17,19-20H2,1-3H3,(H2,25,27,28);1H. The van der Waals surface area contributed by atoms with Crippen molar-refractivity contribution in [1.82, 2.24) is 20.5 Å². The van der Waals surface area contributed by atoms with E-state index in [1.54, 1.807) is 7.11 Å². The van der Waals surface area contributed by atoms with Crippen LogP contribution in [0.3, 0.4) is 0 Å². The van der Waals surface area contributed by atoms with Gasteiger partial charge in [-0.05, 0) is 49.8 Å². The smallest absolute Gasteiger partial charge is 0.191 e. The number of hydrogen-bond acceptors (Lipinski definition) is 5. The monoisotopic (exact) mass is 558 g/mol. The summed E-state index contributed by atoms with van der Waals surface area (Å²) in [7, 11) is 1.80. The Labute approximate surface area is 211 Å². The number of likely N-dealkylation sites (N-methyl/N-ethyl adjacent to an activating group) is 1. The molecule has 2 aliphatic rings. The second-order valence-electron chi connectivity index (χ2n) is 8.94. The number of aromatic nitrogens is 1. The van der Waals surface area contributed by atoms with Crippen molar-refractivity contribution < 1.29 is 4.74 Å². The van der Waals surface area contributed by atoms with Gasteiger partial charge in [0, 0.05) is 59.2 Å². The summed E-state index contributed by atoms with van der Waals surface area (Å²) in [4.78, 5) is 14.4. The first-order chi connectivity index (χ1) is 15.2. The predicted molar refractivity (Wildman–Crippen MR) is 144 cm³/mol. The van der Waals surface area contributed by atoms with E-state index in [0.717, 1.165) is 76.2 Å². The lowest BCUT2D eigenvalue weighted by atomic mass is 9.83. The van der Waals surface area contributed by atoms with Crippen molar-refractivity contribution in [1.29, 1.82) is 0 Å². The van der Waals surface area contributed by atoms with Crippen LogP contribution in [0.2, 0.25) is 0 Å². The van der Waals surface area contributed by atoms with Gasteiger partial charge in [0.1, 0.15) is 5.82 Å². The minimum absolute atomic E-state index is 0. The van der Waals surface area contributed by atoms with Crippen molar-refractivity contribution in [2.75, 3.05) is 64.4 Å². The van der Waals surface area contributed by atoms with Crippen LogP contribution in [0.4, 0.5) is 5.82 Å². The quantitative estimate of drug-likeness (QED) is 0.261. The van der Waals surface area contributed by atoms with Crippen LogP contribution in [0.1, 0.15) is 51.5 Å². The lowest BCUT2D eigenvalue weighted by molar-refractivity contribution is 0.138. The van der Waals surface area contributed by atoms with Gasteiger partial charge >= 0.3 is 0 Å². The number of methoxy groups -OCH3 is 1. The van der Waals surface area contributed by atoms with Gasteiger partial charge in [0.25, 0.3) is 0 Å². The highest BCUT2D eigenvalue weighted by Crippen LogP contribution is 2.40. The predicted octanol–water partition coefficient (Wildman–Crippen LogP) is 3.49. The normalized spacial score (nSPS) is 19.0. The number of pyridine rings is 1. The zero-order valence-corrected chi connectivity index (χ0v) is 22.6. The molecule has 3 rings (SSSR count). The first-order valence-electron chi connectivity index (χ1n) is 12.1. The molecule has 0 bridgehead atoms. The lowest BCUT2D eigenvalue weighted by Crippen LogP contribution is -2.46. The summed E-state index contributed by atoms with van der Waals surface area (Å²) in [5.41, 5.74) is 1.49. The van der Waals surface area contributed by atoms with E-state index in [2.05, 4.69) is 46.4 Å². The second-order valence-corrected chi connectivity index (χ2v) is 8.94. The maximum atomic E-state index is 5.37. The van der Waals surface area contributed by atoms with Gasteiger partial charge < -0.3 is 25.2 Å². The highest BCUT2D eigenvalue weighted by molar-refractivity contribution is 14.0. The fourth-order valence-electron chi connectivity index (χ4n) is 4.73. The first-order valence-corrected chi connectivity index (χ1v) is 12.1. The van der Waals surface area contributed by atoms with Crippen LogP contribution in [-0.4, -0.2) is 75.4 Å². The molecule has 1 aliphatic heterocycles. The van der Waals surface area contributed by atoms with Crippen LogP contribution in [-0.2, 0) is 11.3 Å². The maximum Gasteiger partial charge on any atom is 0.191 e. The molecule has 1 saturated carbocycles. The molecular weight excluding hydrogens is 515 g/mol. The number of ether oxygens (including phenoxy) is 1. The summed E-state index contributed by atoms with van der Waals surface area (Å²) >= 11 is 0. The van der Waals surface area contributed by atoms with Crippen LogP contribution < -0.4 is 15.5 Å². The summed E-state index contributed by atoms with van der Waals surface area (Å²) in [6, 6.07) is 4.31. The zero-order valence-electron chi connectivity index (χ0n) is 20.2. The Balaban J connectivity index is 0.00000363. The molecule has 2 N–H and O–H groups in total. The zero-order chi connectivity index (χ0) is 21.9. The fourth-order valence-corrected chi connectivity index (χ4v) is 4.73. The Hall–Kier alpha value is -1.13. The van der Waals surface area contributed by atoms with E-state index in [1.807, 2.05) is 6.20 Å². The van der Waals surface area contributed by atoms with E-state index in [0.29, 0.717) is 12.0 Å². The van der Waals surface area contributed by atoms with Gasteiger partial charge in [-0.3, -0.25) is 0 Å². The number of rotatable bonds is 10. The fraction of sp³-hybridized carbons (Fsp3) is 0.750. The van der Waals surface area contributed by atoms with Crippen LogP contribution >= 0.6 is 24.0 Å². The molecule has 0 radical (unpaired) electrons. The molecule has 0 aromatic carbocycles. The largest absolute Gasteiger partial charge is 0.385 e. The Morgan fingerprint density at radius 2 is 1.88 bits per heavy atom. The molecular formula is C24H43IN6O. The number of aliphatic imine (C=N–C) groups is 1. The Kier molecular flexibility index (Phi) is 12.0. The van der Waals surface area contributed by atoms with Crippen molar-refractivity contribution >= 4 is 35.8 Å². The van der Waals surface area contributed by atoms with E-state index in [1.165, 1.54) is 25.7 Å². The lowest BCUT2D eigenvalue weighted by Gasteiger charge is -2.34. The molecule has 7 nitrogen and oxygen atoms in total. The number of piperazine rings is 1.